The van der Waals surface area contributed by atoms with Crippen LogP contribution in [-0.4, -0.2) is 54.4 Å². The predicted octanol–water partition coefficient (Wildman–Crippen LogP) is 1.64. The molecule has 5 nitrogen and oxygen atoms in total. The van der Waals surface area contributed by atoms with E-state index in [4.69, 9.17) is 26.2 Å². The van der Waals surface area contributed by atoms with E-state index in [9.17, 15) is 4.79 Å². The van der Waals surface area contributed by atoms with E-state index in [1.165, 1.54) is 0 Å². The van der Waals surface area contributed by atoms with Crippen LogP contribution in [0.1, 0.15) is 12.5 Å². The van der Waals surface area contributed by atoms with Gasteiger partial charge in [-0.2, -0.15) is 0 Å². The molecule has 1 aliphatic heterocycles. The molecule has 1 N–H and O–H groups in total. The van der Waals surface area contributed by atoms with E-state index >= 15 is 0 Å². The Hall–Kier alpha value is -1.30. The van der Waals surface area contributed by atoms with Crippen molar-refractivity contribution in [1.82, 2.24) is 4.90 Å². The second-order valence-corrected chi connectivity index (χ2v) is 5.57. The number of morpholine rings is 1. The second-order valence-electron chi connectivity index (χ2n) is 5.13. The van der Waals surface area contributed by atoms with E-state index in [2.05, 4.69) is 0 Å². The number of amides is 1. The van der Waals surface area contributed by atoms with Crippen molar-refractivity contribution >= 4 is 17.5 Å². The molecule has 1 aromatic rings. The molecule has 1 amide bonds. The lowest BCUT2D eigenvalue weighted by molar-refractivity contribution is -0.146. The number of rotatable bonds is 4. The molecule has 21 heavy (non-hydrogen) atoms. The normalized spacial score (nSPS) is 20.2. The van der Waals surface area contributed by atoms with Crippen molar-refractivity contribution in [3.05, 3.63) is 28.8 Å². The number of carbonyl (C=O) groups is 1. The van der Waals surface area contributed by atoms with Crippen LogP contribution in [0.25, 0.3) is 0 Å². The zero-order valence-corrected chi connectivity index (χ0v) is 13.0. The molecule has 1 saturated heterocycles. The number of nitrogens with zero attached hydrogens (tertiary/aromatic N) is 1. The number of aliphatic hydroxyl groups is 1. The van der Waals surface area contributed by atoms with Crippen molar-refractivity contribution < 1.29 is 19.4 Å². The quantitative estimate of drug-likeness (QED) is 0.918. The summed E-state index contributed by atoms with van der Waals surface area (Å²) in [5, 5.41) is 9.76. The van der Waals surface area contributed by atoms with E-state index in [1.54, 1.807) is 30.0 Å². The molecule has 0 bridgehead atoms. The van der Waals surface area contributed by atoms with Crippen LogP contribution in [0.2, 0.25) is 5.02 Å². The Morgan fingerprint density at radius 2 is 2.38 bits per heavy atom. The Morgan fingerprint density at radius 1 is 1.62 bits per heavy atom. The molecule has 1 aliphatic rings. The van der Waals surface area contributed by atoms with Crippen LogP contribution in [-0.2, 0) is 9.53 Å². The first-order valence-corrected chi connectivity index (χ1v) is 7.33. The molecule has 0 aliphatic carbocycles. The highest BCUT2D eigenvalue weighted by atomic mass is 35.5. The van der Waals surface area contributed by atoms with E-state index < -0.39 is 6.10 Å². The van der Waals surface area contributed by atoms with Crippen LogP contribution in [0.3, 0.4) is 0 Å². The van der Waals surface area contributed by atoms with Crippen molar-refractivity contribution in [2.45, 2.75) is 26.1 Å². The maximum absolute atomic E-state index is 12.4. The van der Waals surface area contributed by atoms with E-state index in [0.29, 0.717) is 30.5 Å². The topological polar surface area (TPSA) is 59.0 Å². The first kappa shape index (κ1) is 16.1. The third-order valence-electron chi connectivity index (χ3n) is 3.44. The van der Waals surface area contributed by atoms with Crippen molar-refractivity contribution in [2.75, 3.05) is 26.3 Å². The monoisotopic (exact) mass is 313 g/mol. The van der Waals surface area contributed by atoms with Gasteiger partial charge in [0.05, 0.1) is 19.3 Å². The van der Waals surface area contributed by atoms with Gasteiger partial charge in [0.25, 0.3) is 5.91 Å². The Morgan fingerprint density at radius 3 is 3.05 bits per heavy atom. The maximum atomic E-state index is 12.4. The molecule has 6 heteroatoms. The van der Waals surface area contributed by atoms with Crippen LogP contribution in [0.5, 0.6) is 5.75 Å². The van der Waals surface area contributed by atoms with Gasteiger partial charge in [0.15, 0.2) is 6.10 Å². The van der Waals surface area contributed by atoms with Crippen molar-refractivity contribution in [3.8, 4) is 5.75 Å². The molecular formula is C15H20ClNO4. The van der Waals surface area contributed by atoms with Gasteiger partial charge in [-0.1, -0.05) is 11.6 Å². The summed E-state index contributed by atoms with van der Waals surface area (Å²) in [7, 11) is 0. The number of hydrogen-bond acceptors (Lipinski definition) is 4. The van der Waals surface area contributed by atoms with Crippen molar-refractivity contribution in [1.29, 1.82) is 0 Å². The summed E-state index contributed by atoms with van der Waals surface area (Å²) in [6.45, 7) is 4.86. The molecular weight excluding hydrogens is 294 g/mol. The lowest BCUT2D eigenvalue weighted by Gasteiger charge is -2.33. The van der Waals surface area contributed by atoms with Gasteiger partial charge < -0.3 is 19.5 Å². The molecule has 2 rings (SSSR count). The van der Waals surface area contributed by atoms with Crippen molar-refractivity contribution in [3.63, 3.8) is 0 Å². The van der Waals surface area contributed by atoms with Gasteiger partial charge in [-0.15, -0.1) is 0 Å². The predicted molar refractivity (Wildman–Crippen MR) is 79.7 cm³/mol. The van der Waals surface area contributed by atoms with Crippen LogP contribution in [0.15, 0.2) is 18.2 Å². The van der Waals surface area contributed by atoms with Gasteiger partial charge in [0.1, 0.15) is 5.75 Å². The number of aliphatic hydroxyl groups excluding tert-OH is 1. The van der Waals surface area contributed by atoms with E-state index in [-0.39, 0.29) is 18.6 Å². The minimum atomic E-state index is -0.595. The Balaban J connectivity index is 1.99. The first-order valence-electron chi connectivity index (χ1n) is 6.95. The average Bonchev–Trinajstić information content (AvgIpc) is 2.49. The van der Waals surface area contributed by atoms with Gasteiger partial charge in [-0.25, -0.2) is 0 Å². The van der Waals surface area contributed by atoms with Gasteiger partial charge >= 0.3 is 0 Å². The first-order chi connectivity index (χ1) is 10.0. The molecule has 1 heterocycles. The fourth-order valence-electron chi connectivity index (χ4n) is 2.27. The Labute approximate surface area is 129 Å². The minimum absolute atomic E-state index is 0.0880. The number of aryl methyl sites for hydroxylation is 1. The van der Waals surface area contributed by atoms with Crippen LogP contribution < -0.4 is 4.74 Å². The summed E-state index contributed by atoms with van der Waals surface area (Å²) in [5.41, 5.74) is 0.886. The molecule has 1 aromatic carbocycles. The summed E-state index contributed by atoms with van der Waals surface area (Å²) in [4.78, 5) is 14.0. The molecule has 0 aromatic heterocycles. The number of halogens is 1. The number of hydrogen-bond donors (Lipinski definition) is 1. The third kappa shape index (κ3) is 4.09. The van der Waals surface area contributed by atoms with Gasteiger partial charge in [0, 0.05) is 18.1 Å². The van der Waals surface area contributed by atoms with E-state index in [0.717, 1.165) is 5.56 Å². The average molecular weight is 314 g/mol. The SMILES string of the molecule is Cc1cc(Cl)ccc1OC(C)C(=O)N1CCOC(CO)C1. The molecule has 116 valence electrons. The smallest absolute Gasteiger partial charge is 0.263 e. The lowest BCUT2D eigenvalue weighted by Crippen LogP contribution is -2.50. The molecule has 0 spiro atoms. The molecule has 0 saturated carbocycles. The lowest BCUT2D eigenvalue weighted by atomic mass is 10.2. The van der Waals surface area contributed by atoms with Crippen LogP contribution >= 0.6 is 11.6 Å². The Bertz CT molecular complexity index is 508. The van der Waals surface area contributed by atoms with Gasteiger partial charge in [0.2, 0.25) is 0 Å². The number of ether oxygens (including phenoxy) is 2. The highest BCUT2D eigenvalue weighted by molar-refractivity contribution is 6.30. The number of benzene rings is 1. The third-order valence-corrected chi connectivity index (χ3v) is 3.68. The summed E-state index contributed by atoms with van der Waals surface area (Å²) in [5.74, 6) is 0.540. The fraction of sp³-hybridized carbons (Fsp3) is 0.533. The van der Waals surface area contributed by atoms with Crippen LogP contribution in [0, 0.1) is 6.92 Å². The summed E-state index contributed by atoms with van der Waals surface area (Å²) < 4.78 is 11.1. The maximum Gasteiger partial charge on any atom is 0.263 e. The standard InChI is InChI=1S/C15H20ClNO4/c1-10-7-12(16)3-4-14(10)21-11(2)15(19)17-5-6-20-13(8-17)9-18/h3-4,7,11,13,18H,5-6,8-9H2,1-2H3. The zero-order chi connectivity index (χ0) is 15.4. The second kappa shape index (κ2) is 7.11. The molecule has 1 fully saturated rings. The number of carbonyl (C=O) groups excluding carboxylic acids is 1. The fourth-order valence-corrected chi connectivity index (χ4v) is 2.50. The van der Waals surface area contributed by atoms with Crippen molar-refractivity contribution in [2.24, 2.45) is 0 Å². The van der Waals surface area contributed by atoms with Gasteiger partial charge in [-0.3, -0.25) is 4.79 Å². The summed E-state index contributed by atoms with van der Waals surface area (Å²) >= 11 is 5.90. The van der Waals surface area contributed by atoms with E-state index in [1.807, 2.05) is 6.92 Å². The molecule has 2 atom stereocenters. The summed E-state index contributed by atoms with van der Waals surface area (Å²) in [6.07, 6.45) is -0.908. The Kier molecular flexibility index (Phi) is 5.45. The highest BCUT2D eigenvalue weighted by Crippen LogP contribution is 2.23. The molecule has 2 unspecified atom stereocenters. The van der Waals surface area contributed by atoms with Crippen LogP contribution in [0.4, 0.5) is 0 Å². The summed E-state index contributed by atoms with van der Waals surface area (Å²) in [6, 6.07) is 5.29. The largest absolute Gasteiger partial charge is 0.481 e. The van der Waals surface area contributed by atoms with Gasteiger partial charge in [-0.05, 0) is 37.6 Å². The molecule has 0 radical (unpaired) electrons. The minimum Gasteiger partial charge on any atom is -0.481 e. The highest BCUT2D eigenvalue weighted by Gasteiger charge is 2.28. The zero-order valence-electron chi connectivity index (χ0n) is 12.2.